The SMILES string of the molecule is O=S(=O)(Cc1cc(-c2ccco2)on1)c1nnc2n1CCCCC2. The Balaban J connectivity index is 1.61. The molecule has 1 aliphatic rings. The monoisotopic (exact) mass is 348 g/mol. The number of rotatable bonds is 4. The molecule has 0 bridgehead atoms. The van der Waals surface area contributed by atoms with Gasteiger partial charge in [-0.1, -0.05) is 11.6 Å². The quantitative estimate of drug-likeness (QED) is 0.712. The van der Waals surface area contributed by atoms with E-state index in [-0.39, 0.29) is 10.9 Å². The number of nitrogens with zero attached hydrogens (tertiary/aromatic N) is 4. The first-order valence-electron chi connectivity index (χ1n) is 7.78. The first-order valence-corrected chi connectivity index (χ1v) is 9.43. The highest BCUT2D eigenvalue weighted by molar-refractivity contribution is 7.90. The third-order valence-electron chi connectivity index (χ3n) is 4.01. The van der Waals surface area contributed by atoms with Crippen LogP contribution in [0.2, 0.25) is 0 Å². The van der Waals surface area contributed by atoms with Crippen molar-refractivity contribution in [3.63, 3.8) is 0 Å². The summed E-state index contributed by atoms with van der Waals surface area (Å²) in [5.74, 6) is 1.35. The molecule has 0 fully saturated rings. The molecular formula is C15H16N4O4S. The number of hydrogen-bond acceptors (Lipinski definition) is 7. The summed E-state index contributed by atoms with van der Waals surface area (Å²) in [6.07, 6.45) is 5.28. The van der Waals surface area contributed by atoms with Gasteiger partial charge in [0.1, 0.15) is 11.6 Å². The summed E-state index contributed by atoms with van der Waals surface area (Å²) in [6, 6.07) is 5.01. The average Bonchev–Trinajstić information content (AvgIpc) is 3.26. The van der Waals surface area contributed by atoms with E-state index in [2.05, 4.69) is 15.4 Å². The summed E-state index contributed by atoms with van der Waals surface area (Å²) in [4.78, 5) is 0. The minimum atomic E-state index is -3.65. The molecule has 0 amide bonds. The van der Waals surface area contributed by atoms with Crippen LogP contribution in [-0.4, -0.2) is 28.3 Å². The molecule has 0 saturated carbocycles. The van der Waals surface area contributed by atoms with Gasteiger partial charge in [0, 0.05) is 19.0 Å². The van der Waals surface area contributed by atoms with Crippen molar-refractivity contribution in [2.45, 2.75) is 43.1 Å². The molecule has 24 heavy (non-hydrogen) atoms. The zero-order valence-electron chi connectivity index (χ0n) is 12.9. The highest BCUT2D eigenvalue weighted by Crippen LogP contribution is 2.24. The topological polar surface area (TPSA) is 104 Å². The van der Waals surface area contributed by atoms with Crippen LogP contribution in [0.25, 0.3) is 11.5 Å². The standard InChI is InChI=1S/C15H16N4O4S/c20-24(21,15-17-16-14-6-2-1-3-7-19(14)15)10-11-9-13(23-18-11)12-5-4-8-22-12/h4-5,8-9H,1-3,6-7,10H2. The average molecular weight is 348 g/mol. The van der Waals surface area contributed by atoms with Gasteiger partial charge in [0.05, 0.1) is 12.0 Å². The Hall–Kier alpha value is -2.42. The molecule has 4 rings (SSSR count). The predicted molar refractivity (Wildman–Crippen MR) is 82.7 cm³/mol. The molecule has 3 aromatic heterocycles. The Morgan fingerprint density at radius 2 is 2.08 bits per heavy atom. The van der Waals surface area contributed by atoms with Gasteiger partial charge in [-0.2, -0.15) is 0 Å². The zero-order valence-corrected chi connectivity index (χ0v) is 13.7. The summed E-state index contributed by atoms with van der Waals surface area (Å²) < 4.78 is 37.5. The molecule has 3 aromatic rings. The zero-order chi connectivity index (χ0) is 16.6. The van der Waals surface area contributed by atoms with Crippen LogP contribution in [0.5, 0.6) is 0 Å². The van der Waals surface area contributed by atoms with Crippen LogP contribution < -0.4 is 0 Å². The Morgan fingerprint density at radius 1 is 1.17 bits per heavy atom. The third-order valence-corrected chi connectivity index (χ3v) is 5.55. The lowest BCUT2D eigenvalue weighted by atomic mass is 10.2. The van der Waals surface area contributed by atoms with Crippen LogP contribution in [0.3, 0.4) is 0 Å². The van der Waals surface area contributed by atoms with Crippen LogP contribution in [-0.2, 0) is 28.6 Å². The van der Waals surface area contributed by atoms with Gasteiger partial charge >= 0.3 is 0 Å². The van der Waals surface area contributed by atoms with Gasteiger partial charge in [-0.3, -0.25) is 0 Å². The fourth-order valence-electron chi connectivity index (χ4n) is 2.86. The second-order valence-electron chi connectivity index (χ2n) is 5.78. The lowest BCUT2D eigenvalue weighted by Gasteiger charge is -2.06. The minimum absolute atomic E-state index is 0.0157. The van der Waals surface area contributed by atoms with Gasteiger partial charge in [0.25, 0.3) is 0 Å². The first kappa shape index (κ1) is 15.1. The molecule has 1 aliphatic heterocycles. The molecule has 8 nitrogen and oxygen atoms in total. The van der Waals surface area contributed by atoms with E-state index in [1.54, 1.807) is 22.8 Å². The molecule has 0 aliphatic carbocycles. The van der Waals surface area contributed by atoms with Crippen molar-refractivity contribution >= 4 is 9.84 Å². The molecule has 0 atom stereocenters. The van der Waals surface area contributed by atoms with Crippen LogP contribution in [0.4, 0.5) is 0 Å². The molecule has 0 unspecified atom stereocenters. The van der Waals surface area contributed by atoms with Crippen molar-refractivity contribution in [1.29, 1.82) is 0 Å². The molecule has 9 heteroatoms. The summed E-state index contributed by atoms with van der Waals surface area (Å²) in [7, 11) is -3.65. The molecule has 0 radical (unpaired) electrons. The van der Waals surface area contributed by atoms with E-state index in [0.717, 1.165) is 31.5 Å². The van der Waals surface area contributed by atoms with E-state index in [1.807, 2.05) is 0 Å². The van der Waals surface area contributed by atoms with Gasteiger partial charge in [-0.15, -0.1) is 10.2 Å². The molecule has 0 N–H and O–H groups in total. The van der Waals surface area contributed by atoms with E-state index in [9.17, 15) is 8.42 Å². The summed E-state index contributed by atoms with van der Waals surface area (Å²) >= 11 is 0. The fourth-order valence-corrected chi connectivity index (χ4v) is 4.21. The number of sulfone groups is 1. The Labute approximate surface area is 138 Å². The highest BCUT2D eigenvalue weighted by Gasteiger charge is 2.27. The lowest BCUT2D eigenvalue weighted by molar-refractivity contribution is 0.412. The van der Waals surface area contributed by atoms with E-state index in [0.29, 0.717) is 23.8 Å². The van der Waals surface area contributed by atoms with E-state index < -0.39 is 9.84 Å². The summed E-state index contributed by atoms with van der Waals surface area (Å²) in [5.41, 5.74) is 0.312. The Morgan fingerprint density at radius 3 is 2.92 bits per heavy atom. The molecule has 0 aromatic carbocycles. The highest BCUT2D eigenvalue weighted by atomic mass is 32.2. The van der Waals surface area contributed by atoms with Crippen LogP contribution in [0, 0.1) is 0 Å². The van der Waals surface area contributed by atoms with Crippen molar-refractivity contribution < 1.29 is 17.4 Å². The second-order valence-corrected chi connectivity index (χ2v) is 7.66. The van der Waals surface area contributed by atoms with Gasteiger partial charge in [0.15, 0.2) is 5.76 Å². The predicted octanol–water partition coefficient (Wildman–Crippen LogP) is 2.23. The number of hydrogen-bond donors (Lipinski definition) is 0. The van der Waals surface area contributed by atoms with Crippen LogP contribution >= 0.6 is 0 Å². The summed E-state index contributed by atoms with van der Waals surface area (Å²) in [5, 5.41) is 11.8. The maximum Gasteiger partial charge on any atom is 0.250 e. The fraction of sp³-hybridized carbons (Fsp3) is 0.400. The van der Waals surface area contributed by atoms with Crippen molar-refractivity contribution in [3.8, 4) is 11.5 Å². The maximum absolute atomic E-state index is 12.7. The summed E-state index contributed by atoms with van der Waals surface area (Å²) in [6.45, 7) is 0.632. The van der Waals surface area contributed by atoms with Crippen molar-refractivity contribution in [1.82, 2.24) is 19.9 Å². The number of aromatic nitrogens is 4. The van der Waals surface area contributed by atoms with Gasteiger partial charge < -0.3 is 13.5 Å². The van der Waals surface area contributed by atoms with Gasteiger partial charge in [0.2, 0.25) is 20.8 Å². The third kappa shape index (κ3) is 2.75. The van der Waals surface area contributed by atoms with E-state index in [4.69, 9.17) is 8.94 Å². The minimum Gasteiger partial charge on any atom is -0.461 e. The molecule has 126 valence electrons. The largest absolute Gasteiger partial charge is 0.461 e. The van der Waals surface area contributed by atoms with Crippen LogP contribution in [0.1, 0.15) is 30.8 Å². The van der Waals surface area contributed by atoms with Gasteiger partial charge in [-0.25, -0.2) is 8.42 Å². The number of furan rings is 1. The normalized spacial score (nSPS) is 15.2. The smallest absolute Gasteiger partial charge is 0.250 e. The molecule has 0 saturated heterocycles. The lowest BCUT2D eigenvalue weighted by Crippen LogP contribution is -2.14. The Kier molecular flexibility index (Phi) is 3.72. The van der Waals surface area contributed by atoms with Crippen LogP contribution in [0.15, 0.2) is 38.6 Å². The van der Waals surface area contributed by atoms with Crippen molar-refractivity contribution in [3.05, 3.63) is 36.0 Å². The van der Waals surface area contributed by atoms with E-state index >= 15 is 0 Å². The second kappa shape index (κ2) is 5.90. The number of aryl methyl sites for hydroxylation is 1. The molecular weight excluding hydrogens is 332 g/mol. The van der Waals surface area contributed by atoms with E-state index in [1.165, 1.54) is 6.26 Å². The molecule has 0 spiro atoms. The first-order chi connectivity index (χ1) is 11.6. The Bertz CT molecular complexity index is 940. The van der Waals surface area contributed by atoms with Crippen molar-refractivity contribution in [2.24, 2.45) is 0 Å². The van der Waals surface area contributed by atoms with Gasteiger partial charge in [-0.05, 0) is 25.0 Å². The van der Waals surface area contributed by atoms with Crippen molar-refractivity contribution in [2.75, 3.05) is 0 Å². The number of fused-ring (bicyclic) bond motifs is 1. The maximum atomic E-state index is 12.7. The molecule has 4 heterocycles.